The predicted molar refractivity (Wildman–Crippen MR) is 130 cm³/mol. The first-order valence-electron chi connectivity index (χ1n) is 11.8. The average Bonchev–Trinajstić information content (AvgIpc) is 3.69. The van der Waals surface area contributed by atoms with Crippen molar-refractivity contribution in [3.63, 3.8) is 0 Å². The number of fused-ring (bicyclic) bond motifs is 2. The van der Waals surface area contributed by atoms with E-state index in [1.165, 1.54) is 34.4 Å². The maximum absolute atomic E-state index is 12.5. The van der Waals surface area contributed by atoms with Gasteiger partial charge in [0.15, 0.2) is 0 Å². The van der Waals surface area contributed by atoms with Crippen molar-refractivity contribution in [2.24, 2.45) is 0 Å². The van der Waals surface area contributed by atoms with E-state index in [-0.39, 0.29) is 24.8 Å². The number of anilines is 2. The summed E-state index contributed by atoms with van der Waals surface area (Å²) in [6, 6.07) is 0. The molecule has 0 radical (unpaired) electrons. The molecule has 19 nitrogen and oxygen atoms in total. The van der Waals surface area contributed by atoms with Gasteiger partial charge in [0, 0.05) is 0 Å². The van der Waals surface area contributed by atoms with Crippen molar-refractivity contribution in [1.82, 2.24) is 39.0 Å². The molecule has 0 aliphatic carbocycles. The molecule has 0 amide bonds. The monoisotopic (exact) mass is 628 g/mol. The number of nitrogen functional groups attached to an aromatic ring is 2. The minimum atomic E-state index is -3.42. The van der Waals surface area contributed by atoms with Crippen LogP contribution in [-0.2, 0) is 20.9 Å². The van der Waals surface area contributed by atoms with Gasteiger partial charge < -0.3 is 0 Å². The van der Waals surface area contributed by atoms with Crippen LogP contribution in [0.1, 0.15) is 12.5 Å². The fourth-order valence-corrected chi connectivity index (χ4v) is 5.76. The number of aliphatic hydroxyl groups is 4. The molecular formula is C20H24N10O9Se. The summed E-state index contributed by atoms with van der Waals surface area (Å²) in [5.74, 6) is 0.279. The van der Waals surface area contributed by atoms with Gasteiger partial charge in [-0.15, -0.1) is 0 Å². The van der Waals surface area contributed by atoms with Crippen molar-refractivity contribution in [2.45, 2.75) is 49.1 Å². The van der Waals surface area contributed by atoms with Crippen molar-refractivity contribution in [3.05, 3.63) is 25.3 Å². The van der Waals surface area contributed by atoms with Crippen LogP contribution in [0.4, 0.5) is 11.6 Å². The van der Waals surface area contributed by atoms with Crippen molar-refractivity contribution >= 4 is 48.5 Å². The van der Waals surface area contributed by atoms with E-state index >= 15 is 0 Å². The molecule has 8 N–H and O–H groups in total. The summed E-state index contributed by atoms with van der Waals surface area (Å²) >= 11 is -3.42. The van der Waals surface area contributed by atoms with E-state index in [9.17, 15) is 24.3 Å². The minimum absolute atomic E-state index is 0.139. The van der Waals surface area contributed by atoms with Gasteiger partial charge in [-0.05, 0) is 0 Å². The second-order valence-electron chi connectivity index (χ2n) is 9.03. The summed E-state index contributed by atoms with van der Waals surface area (Å²) in [5, 5.41) is 42.0. The molecule has 0 aromatic carbocycles. The van der Waals surface area contributed by atoms with Crippen LogP contribution in [0, 0.1) is 0 Å². The number of ether oxygens (including phenoxy) is 2. The van der Waals surface area contributed by atoms with Gasteiger partial charge in [0.1, 0.15) is 0 Å². The van der Waals surface area contributed by atoms with E-state index in [2.05, 4.69) is 29.9 Å². The van der Waals surface area contributed by atoms with Gasteiger partial charge >= 0.3 is 228 Å². The van der Waals surface area contributed by atoms with Gasteiger partial charge in [-0.2, -0.15) is 0 Å². The molecule has 0 bridgehead atoms. The molecule has 20 heteroatoms. The third kappa shape index (κ3) is 4.59. The van der Waals surface area contributed by atoms with E-state index in [0.717, 1.165) is 0 Å². The molecule has 0 unspecified atom stereocenters. The summed E-state index contributed by atoms with van der Waals surface area (Å²) in [7, 11) is 0. The summed E-state index contributed by atoms with van der Waals surface area (Å²) in [6.07, 6.45) is -4.68. The van der Waals surface area contributed by atoms with Crippen LogP contribution in [0.25, 0.3) is 22.3 Å². The first kappa shape index (κ1) is 26.9. The fraction of sp³-hybridized carbons (Fsp3) is 0.500. The standard InChI is InChI=1S/C20H24N10O9Se/c21-15-9-17(25-3-23-15)29(5-27-9)19-13(33)11(31)7(38-19)1-36-40(35)37-2-8-12(32)14(34)20(39-8)30-6-28-10-16(22)24-4-26-18(10)30/h3-8,11-14,19-20,31-34H,1-2H2,(H2,21,23,25)(H2,22,24,26)/t7-,8-,11-,12-,13-,14-,19-,20-/m1/s1. The zero-order valence-electron chi connectivity index (χ0n) is 20.3. The molecule has 2 aliphatic rings. The summed E-state index contributed by atoms with van der Waals surface area (Å²) < 4.78 is 37.2. The SMILES string of the molecule is Nc1ncnc2c1ncn2[C@@H]1O[C@H](CO[Se](=O)OC[C@H]2O[C@@H](n3cnc4c(N)ncnc43)[C@H](O)[C@@H]2O)[C@@H](O)[C@H]1O. The van der Waals surface area contributed by atoms with Crippen molar-refractivity contribution < 1.29 is 41.4 Å². The van der Waals surface area contributed by atoms with Crippen LogP contribution < -0.4 is 11.5 Å². The van der Waals surface area contributed by atoms with Crippen LogP contribution >= 0.6 is 0 Å². The average molecular weight is 627 g/mol. The van der Waals surface area contributed by atoms with Crippen LogP contribution in [-0.4, -0.2) is 124 Å². The summed E-state index contributed by atoms with van der Waals surface area (Å²) in [4.78, 5) is 24.1. The third-order valence-electron chi connectivity index (χ3n) is 6.65. The zero-order chi connectivity index (χ0) is 28.1. The molecule has 2 aliphatic heterocycles. The van der Waals surface area contributed by atoms with Crippen molar-refractivity contribution in [2.75, 3.05) is 24.7 Å². The molecular weight excluding hydrogens is 603 g/mol. The van der Waals surface area contributed by atoms with Gasteiger partial charge in [-0.1, -0.05) is 0 Å². The first-order valence-corrected chi connectivity index (χ1v) is 13.9. The number of hydrogen-bond acceptors (Lipinski definition) is 17. The van der Waals surface area contributed by atoms with Gasteiger partial charge in [-0.25, -0.2) is 0 Å². The van der Waals surface area contributed by atoms with Crippen LogP contribution in [0.5, 0.6) is 0 Å². The van der Waals surface area contributed by atoms with E-state index in [1.807, 2.05) is 0 Å². The Morgan fingerprint density at radius 1 is 0.725 bits per heavy atom. The molecule has 0 saturated carbocycles. The predicted octanol–water partition coefficient (Wildman–Crippen LogP) is -3.48. The van der Waals surface area contributed by atoms with Gasteiger partial charge in [0.2, 0.25) is 0 Å². The molecule has 4 aromatic heterocycles. The van der Waals surface area contributed by atoms with Gasteiger partial charge in [0.05, 0.1) is 0 Å². The Labute approximate surface area is 228 Å². The molecule has 40 heavy (non-hydrogen) atoms. The Bertz CT molecular complexity index is 1440. The van der Waals surface area contributed by atoms with Crippen LogP contribution in [0.15, 0.2) is 25.3 Å². The number of aliphatic hydroxyl groups excluding tert-OH is 4. The number of hydrogen-bond donors (Lipinski definition) is 6. The zero-order valence-corrected chi connectivity index (χ0v) is 22.0. The number of nitrogens with zero attached hydrogens (tertiary/aromatic N) is 8. The second-order valence-corrected chi connectivity index (χ2v) is 10.9. The molecule has 8 atom stereocenters. The Morgan fingerprint density at radius 2 is 1.15 bits per heavy atom. The van der Waals surface area contributed by atoms with Crippen molar-refractivity contribution in [3.8, 4) is 0 Å². The molecule has 0 spiro atoms. The Hall–Kier alpha value is -3.30. The van der Waals surface area contributed by atoms with Crippen molar-refractivity contribution in [1.29, 1.82) is 0 Å². The van der Waals surface area contributed by atoms with Gasteiger partial charge in [0.25, 0.3) is 0 Å². The van der Waals surface area contributed by atoms with E-state index in [0.29, 0.717) is 22.3 Å². The third-order valence-corrected chi connectivity index (χ3v) is 8.03. The van der Waals surface area contributed by atoms with Gasteiger partial charge in [-0.3, -0.25) is 0 Å². The molecule has 2 saturated heterocycles. The Balaban J connectivity index is 1.04. The fourth-order valence-electron chi connectivity index (χ4n) is 4.59. The molecule has 2 fully saturated rings. The normalized spacial score (nSPS) is 31.4. The number of aromatic nitrogens is 8. The topological polar surface area (TPSA) is 274 Å². The Morgan fingerprint density at radius 3 is 1.57 bits per heavy atom. The molecule has 6 rings (SSSR count). The summed E-state index contributed by atoms with van der Waals surface area (Å²) in [5.41, 5.74) is 12.8. The quantitative estimate of drug-likeness (QED) is 0.103. The Kier molecular flexibility index (Phi) is 7.12. The molecule has 4 aromatic rings. The summed E-state index contributed by atoms with van der Waals surface area (Å²) in [6.45, 7) is -0.762. The number of nitrogens with two attached hydrogens (primary N) is 2. The molecule has 6 heterocycles. The maximum atomic E-state index is 12.5. The van der Waals surface area contributed by atoms with E-state index in [1.54, 1.807) is 0 Å². The van der Waals surface area contributed by atoms with E-state index < -0.39 is 63.6 Å². The molecule has 214 valence electrons. The van der Waals surface area contributed by atoms with Crippen LogP contribution in [0.2, 0.25) is 0 Å². The first-order chi connectivity index (χ1) is 19.2. The number of rotatable bonds is 8. The van der Waals surface area contributed by atoms with E-state index in [4.69, 9.17) is 28.6 Å². The van der Waals surface area contributed by atoms with Crippen LogP contribution in [0.3, 0.4) is 0 Å². The number of imidazole rings is 2. The second kappa shape index (κ2) is 10.6.